The van der Waals surface area contributed by atoms with Crippen molar-refractivity contribution in [3.63, 3.8) is 0 Å². The van der Waals surface area contributed by atoms with E-state index in [1.165, 1.54) is 0 Å². The van der Waals surface area contributed by atoms with Gasteiger partial charge in [-0.15, -0.1) is 0 Å². The Morgan fingerprint density at radius 2 is 1.96 bits per heavy atom. The zero-order chi connectivity index (χ0) is 19.2. The van der Waals surface area contributed by atoms with Gasteiger partial charge in [-0.05, 0) is 48.7 Å². The Labute approximate surface area is 164 Å². The van der Waals surface area contributed by atoms with Gasteiger partial charge in [0.15, 0.2) is 0 Å². The molecule has 0 radical (unpaired) electrons. The van der Waals surface area contributed by atoms with Crippen LogP contribution in [0.4, 0.5) is 5.69 Å². The molecule has 3 rings (SSSR count). The van der Waals surface area contributed by atoms with Gasteiger partial charge in [0.25, 0.3) is 0 Å². The van der Waals surface area contributed by atoms with Crippen LogP contribution in [0.25, 0.3) is 0 Å². The monoisotopic (exact) mass is 383 g/mol. The lowest BCUT2D eigenvalue weighted by atomic mass is 9.95. The number of benzene rings is 2. The van der Waals surface area contributed by atoms with E-state index < -0.39 is 0 Å². The zero-order valence-electron chi connectivity index (χ0n) is 15.2. The van der Waals surface area contributed by atoms with E-state index in [2.05, 4.69) is 16.3 Å². The fourth-order valence-corrected chi connectivity index (χ4v) is 3.49. The molecule has 0 unspecified atom stereocenters. The molecule has 140 valence electrons. The van der Waals surface area contributed by atoms with Gasteiger partial charge >= 0.3 is 0 Å². The Kier molecular flexibility index (Phi) is 6.20. The first-order valence-corrected chi connectivity index (χ1v) is 9.33. The van der Waals surface area contributed by atoms with Gasteiger partial charge in [-0.3, -0.25) is 4.79 Å². The zero-order valence-corrected chi connectivity index (χ0v) is 16.0. The summed E-state index contributed by atoms with van der Waals surface area (Å²) in [6.45, 7) is 2.11. The SMILES string of the molecule is COc1ccc(CNC(=O)C2CCN(c3ccc(C#N)c(Cl)c3)CC2)cc1. The molecule has 0 saturated carbocycles. The lowest BCUT2D eigenvalue weighted by Crippen LogP contribution is -2.40. The minimum atomic E-state index is 0.0216. The molecule has 2 aromatic rings. The summed E-state index contributed by atoms with van der Waals surface area (Å²) in [5.74, 6) is 0.928. The molecular formula is C21H22ClN3O2. The molecule has 0 aromatic heterocycles. The highest BCUT2D eigenvalue weighted by Gasteiger charge is 2.25. The van der Waals surface area contributed by atoms with Crippen LogP contribution in [0.5, 0.6) is 5.75 Å². The van der Waals surface area contributed by atoms with Gasteiger partial charge in [0.2, 0.25) is 5.91 Å². The summed E-state index contributed by atoms with van der Waals surface area (Å²) >= 11 is 6.13. The number of hydrogen-bond donors (Lipinski definition) is 1. The largest absolute Gasteiger partial charge is 0.497 e. The summed E-state index contributed by atoms with van der Waals surface area (Å²) in [7, 11) is 1.63. The van der Waals surface area contributed by atoms with E-state index in [4.69, 9.17) is 21.6 Å². The molecule has 0 atom stereocenters. The first-order valence-electron chi connectivity index (χ1n) is 8.96. The van der Waals surface area contributed by atoms with Gasteiger partial charge in [-0.25, -0.2) is 0 Å². The molecule has 0 aliphatic carbocycles. The van der Waals surface area contributed by atoms with Crippen molar-refractivity contribution in [3.05, 3.63) is 58.6 Å². The molecule has 0 bridgehead atoms. The molecule has 1 amide bonds. The number of carbonyl (C=O) groups is 1. The second kappa shape index (κ2) is 8.79. The number of halogens is 1. The molecule has 1 heterocycles. The van der Waals surface area contributed by atoms with Crippen LogP contribution in [0.15, 0.2) is 42.5 Å². The Hall–Kier alpha value is -2.71. The normalized spacial score (nSPS) is 14.5. The second-order valence-electron chi connectivity index (χ2n) is 6.60. The third-order valence-electron chi connectivity index (χ3n) is 4.93. The van der Waals surface area contributed by atoms with Crippen molar-refractivity contribution >= 4 is 23.2 Å². The molecule has 0 spiro atoms. The average Bonchev–Trinajstić information content (AvgIpc) is 2.72. The summed E-state index contributed by atoms with van der Waals surface area (Å²) in [5, 5.41) is 12.5. The Morgan fingerprint density at radius 3 is 2.56 bits per heavy atom. The first-order chi connectivity index (χ1) is 13.1. The van der Waals surface area contributed by atoms with Crippen molar-refractivity contribution < 1.29 is 9.53 Å². The molecule has 1 fully saturated rings. The average molecular weight is 384 g/mol. The standard InChI is InChI=1S/C21H22ClN3O2/c1-27-19-6-2-15(3-7-19)14-24-21(26)16-8-10-25(11-9-16)18-5-4-17(13-23)20(22)12-18/h2-7,12,16H,8-11,14H2,1H3,(H,24,26). The molecule has 2 aromatic carbocycles. The van der Waals surface area contributed by atoms with E-state index in [-0.39, 0.29) is 11.8 Å². The van der Waals surface area contributed by atoms with Crippen molar-refractivity contribution in [3.8, 4) is 11.8 Å². The third kappa shape index (κ3) is 4.72. The minimum absolute atomic E-state index is 0.0216. The summed E-state index contributed by atoms with van der Waals surface area (Å²) in [4.78, 5) is 14.7. The van der Waals surface area contributed by atoms with Gasteiger partial charge in [0, 0.05) is 31.2 Å². The van der Waals surface area contributed by atoms with E-state index >= 15 is 0 Å². The molecule has 1 saturated heterocycles. The number of amides is 1. The number of anilines is 1. The molecule has 27 heavy (non-hydrogen) atoms. The predicted octanol–water partition coefficient (Wildman–Crippen LogP) is 3.75. The third-order valence-corrected chi connectivity index (χ3v) is 5.24. The van der Waals surface area contributed by atoms with Crippen LogP contribution in [0.1, 0.15) is 24.0 Å². The maximum atomic E-state index is 12.5. The lowest BCUT2D eigenvalue weighted by molar-refractivity contribution is -0.125. The van der Waals surface area contributed by atoms with Crippen LogP contribution in [0.2, 0.25) is 5.02 Å². The van der Waals surface area contributed by atoms with Gasteiger partial charge in [0.1, 0.15) is 11.8 Å². The van der Waals surface area contributed by atoms with Gasteiger partial charge in [0.05, 0.1) is 17.7 Å². The van der Waals surface area contributed by atoms with Crippen LogP contribution in [-0.4, -0.2) is 26.1 Å². The van der Waals surface area contributed by atoms with E-state index in [9.17, 15) is 4.79 Å². The van der Waals surface area contributed by atoms with Crippen molar-refractivity contribution in [1.29, 1.82) is 5.26 Å². The van der Waals surface area contributed by atoms with Crippen LogP contribution in [0.3, 0.4) is 0 Å². The number of nitriles is 1. The van der Waals surface area contributed by atoms with Crippen LogP contribution >= 0.6 is 11.6 Å². The maximum Gasteiger partial charge on any atom is 0.223 e. The number of nitrogens with zero attached hydrogens (tertiary/aromatic N) is 2. The highest BCUT2D eigenvalue weighted by molar-refractivity contribution is 6.32. The highest BCUT2D eigenvalue weighted by Crippen LogP contribution is 2.27. The minimum Gasteiger partial charge on any atom is -0.497 e. The fraction of sp³-hybridized carbons (Fsp3) is 0.333. The Balaban J connectivity index is 1.50. The number of piperidine rings is 1. The number of ether oxygens (including phenoxy) is 1. The molecule has 6 heteroatoms. The number of methoxy groups -OCH3 is 1. The summed E-state index contributed by atoms with van der Waals surface area (Å²) in [6, 6.07) is 15.2. The molecule has 1 N–H and O–H groups in total. The van der Waals surface area contributed by atoms with Crippen LogP contribution in [-0.2, 0) is 11.3 Å². The first kappa shape index (κ1) is 19.1. The summed E-state index contributed by atoms with van der Waals surface area (Å²) in [5.41, 5.74) is 2.53. The fourth-order valence-electron chi connectivity index (χ4n) is 3.27. The lowest BCUT2D eigenvalue weighted by Gasteiger charge is -2.33. The van der Waals surface area contributed by atoms with Crippen molar-refractivity contribution in [2.24, 2.45) is 5.92 Å². The van der Waals surface area contributed by atoms with Crippen LogP contribution < -0.4 is 15.0 Å². The number of nitrogens with one attached hydrogen (secondary N) is 1. The van der Waals surface area contributed by atoms with Gasteiger partial charge < -0.3 is 15.0 Å². The van der Waals surface area contributed by atoms with E-state index in [1.807, 2.05) is 36.4 Å². The molecule has 1 aliphatic rings. The quantitative estimate of drug-likeness (QED) is 0.853. The molecule has 5 nitrogen and oxygen atoms in total. The highest BCUT2D eigenvalue weighted by atomic mass is 35.5. The smallest absolute Gasteiger partial charge is 0.223 e. The maximum absolute atomic E-state index is 12.5. The molecule has 1 aliphatic heterocycles. The Morgan fingerprint density at radius 1 is 1.26 bits per heavy atom. The number of hydrogen-bond acceptors (Lipinski definition) is 4. The van der Waals surface area contributed by atoms with E-state index in [1.54, 1.807) is 13.2 Å². The van der Waals surface area contributed by atoms with Crippen LogP contribution in [0, 0.1) is 17.2 Å². The molecular weight excluding hydrogens is 362 g/mol. The van der Waals surface area contributed by atoms with Crippen molar-refractivity contribution in [2.75, 3.05) is 25.1 Å². The van der Waals surface area contributed by atoms with E-state index in [0.717, 1.165) is 42.9 Å². The predicted molar refractivity (Wildman–Crippen MR) is 106 cm³/mol. The van der Waals surface area contributed by atoms with Gasteiger partial charge in [-0.1, -0.05) is 23.7 Å². The second-order valence-corrected chi connectivity index (χ2v) is 7.01. The summed E-state index contributed by atoms with van der Waals surface area (Å²) < 4.78 is 5.14. The number of carbonyl (C=O) groups excluding carboxylic acids is 1. The van der Waals surface area contributed by atoms with Crippen molar-refractivity contribution in [2.45, 2.75) is 19.4 Å². The van der Waals surface area contributed by atoms with Crippen molar-refractivity contribution in [1.82, 2.24) is 5.32 Å². The number of rotatable bonds is 5. The summed E-state index contributed by atoms with van der Waals surface area (Å²) in [6.07, 6.45) is 1.60. The topological polar surface area (TPSA) is 65.4 Å². The van der Waals surface area contributed by atoms with Gasteiger partial charge in [-0.2, -0.15) is 5.26 Å². The van der Waals surface area contributed by atoms with E-state index in [0.29, 0.717) is 17.1 Å². The Bertz CT molecular complexity index is 837.